The molecule has 1 heterocycles. The fourth-order valence-corrected chi connectivity index (χ4v) is 3.64. The molecule has 0 aliphatic carbocycles. The van der Waals surface area contributed by atoms with Crippen molar-refractivity contribution in [3.63, 3.8) is 0 Å². The van der Waals surface area contributed by atoms with Gasteiger partial charge in [-0.3, -0.25) is 20.4 Å². The monoisotopic (exact) mass is 408 g/mol. The maximum Gasteiger partial charge on any atom is 0.253 e. The second-order valence-corrected chi connectivity index (χ2v) is 8.52. The van der Waals surface area contributed by atoms with Gasteiger partial charge in [-0.05, 0) is 39.3 Å². The van der Waals surface area contributed by atoms with Crippen LogP contribution in [0, 0.1) is 20.8 Å². The molecule has 2 rings (SSSR count). The summed E-state index contributed by atoms with van der Waals surface area (Å²) >= 11 is 0. The molecule has 2 aromatic rings. The number of hydrazine groups is 1. The van der Waals surface area contributed by atoms with Gasteiger partial charge in [0.05, 0.1) is 17.1 Å². The largest absolute Gasteiger partial charge is 0.361 e. The third-order valence-electron chi connectivity index (χ3n) is 4.22. The summed E-state index contributed by atoms with van der Waals surface area (Å²) in [6.07, 6.45) is 0.547. The zero-order valence-corrected chi connectivity index (χ0v) is 17.1. The molecule has 152 valence electrons. The van der Waals surface area contributed by atoms with Crippen LogP contribution in [0.25, 0.3) is 0 Å². The lowest BCUT2D eigenvalue weighted by atomic mass is 10.1. The van der Waals surface area contributed by atoms with Gasteiger partial charge in [0.2, 0.25) is 15.9 Å². The molecule has 0 aliphatic heterocycles. The Labute approximate surface area is 164 Å². The van der Waals surface area contributed by atoms with Crippen LogP contribution in [0.5, 0.6) is 0 Å². The molecule has 0 saturated heterocycles. The predicted molar refractivity (Wildman–Crippen MR) is 102 cm³/mol. The number of nitrogens with zero attached hydrogens (tertiary/aromatic N) is 2. The number of amides is 2. The SMILES string of the molecule is Cc1ccc(S(=O)(=O)N(C)CC(=O)NNC(=O)CCc2c(C)noc2C)cc1. The summed E-state index contributed by atoms with van der Waals surface area (Å²) in [6.45, 7) is 4.97. The van der Waals surface area contributed by atoms with Crippen molar-refractivity contribution in [3.05, 3.63) is 46.8 Å². The Morgan fingerprint density at radius 2 is 1.68 bits per heavy atom. The number of carbonyl (C=O) groups excluding carboxylic acids is 2. The highest BCUT2D eigenvalue weighted by molar-refractivity contribution is 7.89. The minimum Gasteiger partial charge on any atom is -0.361 e. The minimum absolute atomic E-state index is 0.0943. The maximum atomic E-state index is 12.5. The van der Waals surface area contributed by atoms with Crippen molar-refractivity contribution >= 4 is 21.8 Å². The Morgan fingerprint density at radius 1 is 1.07 bits per heavy atom. The summed E-state index contributed by atoms with van der Waals surface area (Å²) in [4.78, 5) is 24.0. The number of benzene rings is 1. The zero-order valence-electron chi connectivity index (χ0n) is 16.3. The van der Waals surface area contributed by atoms with Crippen LogP contribution in [0.15, 0.2) is 33.7 Å². The molecule has 10 heteroatoms. The van der Waals surface area contributed by atoms with Crippen LogP contribution < -0.4 is 10.9 Å². The molecule has 9 nitrogen and oxygen atoms in total. The number of likely N-dealkylation sites (N-methyl/N-ethyl adjacent to an activating group) is 1. The third kappa shape index (κ3) is 5.40. The van der Waals surface area contributed by atoms with Gasteiger partial charge in [-0.25, -0.2) is 8.42 Å². The van der Waals surface area contributed by atoms with Gasteiger partial charge < -0.3 is 4.52 Å². The second kappa shape index (κ2) is 8.98. The summed E-state index contributed by atoms with van der Waals surface area (Å²) in [5.41, 5.74) is 7.00. The highest BCUT2D eigenvalue weighted by atomic mass is 32.2. The van der Waals surface area contributed by atoms with E-state index in [0.717, 1.165) is 21.1 Å². The van der Waals surface area contributed by atoms with E-state index in [0.29, 0.717) is 12.2 Å². The van der Waals surface area contributed by atoms with E-state index in [1.807, 2.05) is 6.92 Å². The van der Waals surface area contributed by atoms with Gasteiger partial charge in [0.25, 0.3) is 5.91 Å². The summed E-state index contributed by atoms with van der Waals surface area (Å²) < 4.78 is 30.9. The van der Waals surface area contributed by atoms with Crippen molar-refractivity contribution in [1.29, 1.82) is 0 Å². The first kappa shape index (κ1) is 21.6. The molecule has 2 N–H and O–H groups in total. The summed E-state index contributed by atoms with van der Waals surface area (Å²) in [7, 11) is -2.50. The molecule has 0 unspecified atom stereocenters. The van der Waals surface area contributed by atoms with Gasteiger partial charge in [-0.15, -0.1) is 0 Å². The smallest absolute Gasteiger partial charge is 0.253 e. The van der Waals surface area contributed by atoms with E-state index in [2.05, 4.69) is 16.0 Å². The molecule has 0 aliphatic rings. The van der Waals surface area contributed by atoms with Crippen molar-refractivity contribution < 1.29 is 22.5 Å². The second-order valence-electron chi connectivity index (χ2n) is 6.47. The third-order valence-corrected chi connectivity index (χ3v) is 6.04. The topological polar surface area (TPSA) is 122 Å². The van der Waals surface area contributed by atoms with Crippen LogP contribution in [0.3, 0.4) is 0 Å². The van der Waals surface area contributed by atoms with E-state index >= 15 is 0 Å². The summed E-state index contributed by atoms with van der Waals surface area (Å²) in [5.74, 6) is -0.404. The molecule has 0 saturated carbocycles. The van der Waals surface area contributed by atoms with Crippen molar-refractivity contribution in [2.24, 2.45) is 0 Å². The lowest BCUT2D eigenvalue weighted by molar-refractivity contribution is -0.128. The number of hydrogen-bond donors (Lipinski definition) is 2. The Morgan fingerprint density at radius 3 is 2.25 bits per heavy atom. The summed E-state index contributed by atoms with van der Waals surface area (Å²) in [5, 5.41) is 3.81. The molecule has 1 aromatic carbocycles. The van der Waals surface area contributed by atoms with Gasteiger partial charge in [0, 0.05) is 19.0 Å². The van der Waals surface area contributed by atoms with E-state index < -0.39 is 28.4 Å². The molecule has 0 spiro atoms. The van der Waals surface area contributed by atoms with Crippen LogP contribution in [0.1, 0.15) is 29.0 Å². The van der Waals surface area contributed by atoms with E-state index in [-0.39, 0.29) is 11.3 Å². The molecular formula is C18H24N4O5S. The number of rotatable bonds is 7. The molecule has 1 aromatic heterocycles. The van der Waals surface area contributed by atoms with Crippen molar-refractivity contribution in [3.8, 4) is 0 Å². The van der Waals surface area contributed by atoms with Crippen LogP contribution in [-0.4, -0.2) is 43.3 Å². The van der Waals surface area contributed by atoms with Crippen molar-refractivity contribution in [2.45, 2.75) is 38.5 Å². The van der Waals surface area contributed by atoms with Crippen molar-refractivity contribution in [1.82, 2.24) is 20.3 Å². The molecule has 0 fully saturated rings. The van der Waals surface area contributed by atoms with E-state index in [1.165, 1.54) is 19.2 Å². The number of nitrogens with one attached hydrogen (secondary N) is 2. The number of aromatic nitrogens is 1. The van der Waals surface area contributed by atoms with E-state index in [1.54, 1.807) is 26.0 Å². The van der Waals surface area contributed by atoms with Gasteiger partial charge in [-0.1, -0.05) is 22.9 Å². The first-order valence-electron chi connectivity index (χ1n) is 8.63. The van der Waals surface area contributed by atoms with Crippen LogP contribution >= 0.6 is 0 Å². The van der Waals surface area contributed by atoms with Gasteiger partial charge in [0.15, 0.2) is 0 Å². The number of carbonyl (C=O) groups is 2. The van der Waals surface area contributed by atoms with E-state index in [4.69, 9.17) is 4.52 Å². The quantitative estimate of drug-likeness (QED) is 0.659. The normalized spacial score (nSPS) is 11.5. The predicted octanol–water partition coefficient (Wildman–Crippen LogP) is 1.00. The van der Waals surface area contributed by atoms with Crippen LogP contribution in [0.2, 0.25) is 0 Å². The van der Waals surface area contributed by atoms with Gasteiger partial charge >= 0.3 is 0 Å². The first-order chi connectivity index (χ1) is 13.1. The average Bonchev–Trinajstić information content (AvgIpc) is 2.96. The Balaban J connectivity index is 1.82. The molecular weight excluding hydrogens is 384 g/mol. The number of aryl methyl sites for hydroxylation is 3. The average molecular weight is 408 g/mol. The molecule has 0 atom stereocenters. The number of hydrogen-bond acceptors (Lipinski definition) is 6. The van der Waals surface area contributed by atoms with Crippen LogP contribution in [0.4, 0.5) is 0 Å². The Kier molecular flexibility index (Phi) is 6.92. The minimum atomic E-state index is -3.80. The van der Waals surface area contributed by atoms with E-state index in [9.17, 15) is 18.0 Å². The highest BCUT2D eigenvalue weighted by Gasteiger charge is 2.23. The molecule has 28 heavy (non-hydrogen) atoms. The van der Waals surface area contributed by atoms with Crippen LogP contribution in [-0.2, 0) is 26.0 Å². The lowest BCUT2D eigenvalue weighted by Crippen LogP contribution is -2.46. The Bertz CT molecular complexity index is 931. The standard InChI is InChI=1S/C18H24N4O5S/c1-12-5-7-15(8-6-12)28(25,26)22(4)11-18(24)20-19-17(23)10-9-16-13(2)21-27-14(16)3/h5-8H,9-11H2,1-4H3,(H,19,23)(H,20,24). The highest BCUT2D eigenvalue weighted by Crippen LogP contribution is 2.15. The van der Waals surface area contributed by atoms with Gasteiger partial charge in [0.1, 0.15) is 5.76 Å². The Hall–Kier alpha value is -2.72. The summed E-state index contributed by atoms with van der Waals surface area (Å²) in [6, 6.07) is 6.32. The van der Waals surface area contributed by atoms with Gasteiger partial charge in [-0.2, -0.15) is 4.31 Å². The molecule has 2 amide bonds. The lowest BCUT2D eigenvalue weighted by Gasteiger charge is -2.17. The zero-order chi connectivity index (χ0) is 20.9. The molecule has 0 bridgehead atoms. The number of sulfonamides is 1. The fourth-order valence-electron chi connectivity index (χ4n) is 2.52. The first-order valence-corrected chi connectivity index (χ1v) is 10.1. The van der Waals surface area contributed by atoms with Crippen molar-refractivity contribution in [2.75, 3.05) is 13.6 Å². The fraction of sp³-hybridized carbons (Fsp3) is 0.389. The maximum absolute atomic E-state index is 12.5. The molecule has 0 radical (unpaired) electrons.